The Morgan fingerprint density at radius 3 is 2.33 bits per heavy atom. The van der Waals surface area contributed by atoms with Crippen LogP contribution in [-0.4, -0.2) is 10.2 Å². The lowest BCUT2D eigenvalue weighted by molar-refractivity contribution is -0.137. The van der Waals surface area contributed by atoms with Crippen LogP contribution < -0.4 is 4.74 Å². The molecule has 0 radical (unpaired) electrons. The SMILES string of the molecule is FC(F)(F)c1ccc(Oc2nnc(CCl)s2)cc1. The van der Waals surface area contributed by atoms with Crippen molar-refractivity contribution in [3.8, 4) is 10.9 Å². The van der Waals surface area contributed by atoms with Crippen molar-refractivity contribution in [1.82, 2.24) is 10.2 Å². The first kappa shape index (κ1) is 13.1. The molecule has 0 N–H and O–H groups in total. The van der Waals surface area contributed by atoms with E-state index in [0.29, 0.717) is 5.01 Å². The molecule has 1 heterocycles. The van der Waals surface area contributed by atoms with E-state index < -0.39 is 11.7 Å². The molecule has 0 bridgehead atoms. The van der Waals surface area contributed by atoms with E-state index in [4.69, 9.17) is 16.3 Å². The molecule has 18 heavy (non-hydrogen) atoms. The van der Waals surface area contributed by atoms with Crippen molar-refractivity contribution in [2.75, 3.05) is 0 Å². The second-order valence-electron chi connectivity index (χ2n) is 3.22. The first-order chi connectivity index (χ1) is 8.49. The third-order valence-electron chi connectivity index (χ3n) is 1.95. The average Bonchev–Trinajstić information content (AvgIpc) is 2.76. The van der Waals surface area contributed by atoms with Crippen LogP contribution in [0.2, 0.25) is 0 Å². The molecule has 1 aromatic carbocycles. The summed E-state index contributed by atoms with van der Waals surface area (Å²) in [6, 6.07) is 4.34. The highest BCUT2D eigenvalue weighted by Gasteiger charge is 2.30. The lowest BCUT2D eigenvalue weighted by Gasteiger charge is -2.06. The van der Waals surface area contributed by atoms with E-state index in [1.807, 2.05) is 0 Å². The third-order valence-corrected chi connectivity index (χ3v) is 3.16. The van der Waals surface area contributed by atoms with Gasteiger partial charge >= 0.3 is 6.18 Å². The second-order valence-corrected chi connectivity index (χ2v) is 4.51. The van der Waals surface area contributed by atoms with E-state index in [0.717, 1.165) is 23.5 Å². The predicted molar refractivity (Wildman–Crippen MR) is 61.0 cm³/mol. The molecule has 8 heteroatoms. The summed E-state index contributed by atoms with van der Waals surface area (Å²) in [6.07, 6.45) is -4.35. The Morgan fingerprint density at radius 1 is 1.17 bits per heavy atom. The van der Waals surface area contributed by atoms with Crippen LogP contribution in [0.5, 0.6) is 10.9 Å². The fraction of sp³-hybridized carbons (Fsp3) is 0.200. The molecule has 2 rings (SSSR count). The second kappa shape index (κ2) is 5.11. The van der Waals surface area contributed by atoms with Crippen molar-refractivity contribution in [1.29, 1.82) is 0 Å². The van der Waals surface area contributed by atoms with Gasteiger partial charge in [0.15, 0.2) is 0 Å². The number of halogens is 4. The van der Waals surface area contributed by atoms with E-state index in [2.05, 4.69) is 10.2 Å². The Balaban J connectivity index is 2.11. The number of hydrogen-bond acceptors (Lipinski definition) is 4. The molecule has 0 saturated carbocycles. The number of ether oxygens (including phenoxy) is 1. The molecular weight excluding hydrogens is 289 g/mol. The van der Waals surface area contributed by atoms with Crippen LogP contribution >= 0.6 is 22.9 Å². The quantitative estimate of drug-likeness (QED) is 0.800. The van der Waals surface area contributed by atoms with Gasteiger partial charge in [0.2, 0.25) is 0 Å². The number of nitrogens with zero attached hydrogens (tertiary/aromatic N) is 2. The van der Waals surface area contributed by atoms with Gasteiger partial charge in [-0.05, 0) is 24.3 Å². The molecule has 2 aromatic rings. The van der Waals surface area contributed by atoms with Crippen molar-refractivity contribution < 1.29 is 17.9 Å². The first-order valence-corrected chi connectivity index (χ1v) is 6.07. The highest BCUT2D eigenvalue weighted by atomic mass is 35.5. The van der Waals surface area contributed by atoms with E-state index in [1.54, 1.807) is 0 Å². The number of alkyl halides is 4. The van der Waals surface area contributed by atoms with Gasteiger partial charge in [-0.3, -0.25) is 0 Å². The van der Waals surface area contributed by atoms with Gasteiger partial charge in [-0.1, -0.05) is 16.4 Å². The molecule has 0 aliphatic carbocycles. The van der Waals surface area contributed by atoms with Gasteiger partial charge < -0.3 is 4.74 Å². The minimum atomic E-state index is -4.35. The topological polar surface area (TPSA) is 35.0 Å². The Labute approximate surface area is 109 Å². The van der Waals surface area contributed by atoms with Gasteiger partial charge in [0.1, 0.15) is 10.8 Å². The number of rotatable bonds is 3. The van der Waals surface area contributed by atoms with Crippen molar-refractivity contribution in [2.24, 2.45) is 0 Å². The predicted octanol–water partition coefficient (Wildman–Crippen LogP) is 4.09. The summed E-state index contributed by atoms with van der Waals surface area (Å²) >= 11 is 6.68. The smallest absolute Gasteiger partial charge is 0.416 e. The molecule has 0 aliphatic rings. The lowest BCUT2D eigenvalue weighted by atomic mass is 10.2. The fourth-order valence-corrected chi connectivity index (χ4v) is 1.92. The maximum atomic E-state index is 12.3. The van der Waals surface area contributed by atoms with Crippen molar-refractivity contribution >= 4 is 22.9 Å². The standard InChI is InChI=1S/C10H6ClF3N2OS/c11-5-8-15-16-9(18-8)17-7-3-1-6(2-4-7)10(12,13)14/h1-4H,5H2. The van der Waals surface area contributed by atoms with Crippen LogP contribution in [0.3, 0.4) is 0 Å². The van der Waals surface area contributed by atoms with Crippen LogP contribution in [0.4, 0.5) is 13.2 Å². The van der Waals surface area contributed by atoms with Crippen LogP contribution in [-0.2, 0) is 12.1 Å². The van der Waals surface area contributed by atoms with Crippen LogP contribution in [0.15, 0.2) is 24.3 Å². The van der Waals surface area contributed by atoms with Crippen molar-refractivity contribution in [2.45, 2.75) is 12.1 Å². The molecule has 0 spiro atoms. The zero-order valence-corrected chi connectivity index (χ0v) is 10.3. The van der Waals surface area contributed by atoms with Gasteiger partial charge in [-0.15, -0.1) is 16.7 Å². The van der Waals surface area contributed by atoms with Crippen LogP contribution in [0.25, 0.3) is 0 Å². The van der Waals surface area contributed by atoms with Gasteiger partial charge in [0.05, 0.1) is 11.4 Å². The van der Waals surface area contributed by atoms with Gasteiger partial charge in [0.25, 0.3) is 5.19 Å². The number of hydrogen-bond donors (Lipinski definition) is 0. The van der Waals surface area contributed by atoms with Gasteiger partial charge in [-0.25, -0.2) is 0 Å². The van der Waals surface area contributed by atoms with E-state index in [9.17, 15) is 13.2 Å². The highest BCUT2D eigenvalue weighted by molar-refractivity contribution is 7.13. The Morgan fingerprint density at radius 2 is 1.83 bits per heavy atom. The lowest BCUT2D eigenvalue weighted by Crippen LogP contribution is -2.03. The minimum Gasteiger partial charge on any atom is -0.430 e. The minimum absolute atomic E-state index is 0.216. The van der Waals surface area contributed by atoms with Gasteiger partial charge in [0, 0.05) is 0 Å². The summed E-state index contributed by atoms with van der Waals surface area (Å²) in [4.78, 5) is 0. The summed E-state index contributed by atoms with van der Waals surface area (Å²) < 4.78 is 42.2. The average molecular weight is 295 g/mol. The highest BCUT2D eigenvalue weighted by Crippen LogP contribution is 2.32. The van der Waals surface area contributed by atoms with E-state index in [1.165, 1.54) is 12.1 Å². The molecule has 0 unspecified atom stereocenters. The molecule has 0 fully saturated rings. The zero-order chi connectivity index (χ0) is 13.2. The number of aromatic nitrogens is 2. The Kier molecular flexibility index (Phi) is 3.72. The Hall–Kier alpha value is -1.34. The fourth-order valence-electron chi connectivity index (χ4n) is 1.15. The summed E-state index contributed by atoms with van der Waals surface area (Å²) in [7, 11) is 0. The van der Waals surface area contributed by atoms with Gasteiger partial charge in [-0.2, -0.15) is 13.2 Å². The largest absolute Gasteiger partial charge is 0.430 e. The summed E-state index contributed by atoms with van der Waals surface area (Å²) in [5.74, 6) is 0.480. The molecule has 96 valence electrons. The molecule has 0 saturated heterocycles. The molecular formula is C10H6ClF3N2OS. The molecule has 0 atom stereocenters. The summed E-state index contributed by atoms with van der Waals surface area (Å²) in [6.45, 7) is 0. The molecule has 1 aromatic heterocycles. The third kappa shape index (κ3) is 3.11. The van der Waals surface area contributed by atoms with Crippen LogP contribution in [0, 0.1) is 0 Å². The molecule has 0 aliphatic heterocycles. The zero-order valence-electron chi connectivity index (χ0n) is 8.74. The Bertz CT molecular complexity index is 527. The molecule has 3 nitrogen and oxygen atoms in total. The van der Waals surface area contributed by atoms with E-state index in [-0.39, 0.29) is 16.8 Å². The van der Waals surface area contributed by atoms with Crippen molar-refractivity contribution in [3.63, 3.8) is 0 Å². The monoisotopic (exact) mass is 294 g/mol. The van der Waals surface area contributed by atoms with Crippen molar-refractivity contribution in [3.05, 3.63) is 34.8 Å². The van der Waals surface area contributed by atoms with E-state index >= 15 is 0 Å². The first-order valence-electron chi connectivity index (χ1n) is 4.72. The summed E-state index contributed by atoms with van der Waals surface area (Å²) in [5, 5.41) is 8.24. The van der Waals surface area contributed by atoms with Crippen LogP contribution in [0.1, 0.15) is 10.6 Å². The maximum Gasteiger partial charge on any atom is 0.416 e. The maximum absolute atomic E-state index is 12.3. The molecule has 0 amide bonds. The summed E-state index contributed by atoms with van der Waals surface area (Å²) in [5.41, 5.74) is -0.728. The normalized spacial score (nSPS) is 11.6. The number of benzene rings is 1.